The molecule has 1 N–H and O–H groups in total. The maximum absolute atomic E-state index is 12.9. The minimum Gasteiger partial charge on any atom is -0.481 e. The quantitative estimate of drug-likeness (QED) is 0.596. The van der Waals surface area contributed by atoms with Crippen LogP contribution in [-0.2, 0) is 15.7 Å². The fourth-order valence-corrected chi connectivity index (χ4v) is 4.24. The van der Waals surface area contributed by atoms with Crippen molar-refractivity contribution in [3.05, 3.63) is 47.5 Å². The van der Waals surface area contributed by atoms with Gasteiger partial charge in [-0.05, 0) is 74.3 Å². The highest BCUT2D eigenvalue weighted by Crippen LogP contribution is 2.38. The summed E-state index contributed by atoms with van der Waals surface area (Å²) in [5.74, 6) is 2.09. The van der Waals surface area contributed by atoms with Crippen molar-refractivity contribution in [2.45, 2.75) is 51.2 Å². The highest BCUT2D eigenvalue weighted by atomic mass is 19.4. The van der Waals surface area contributed by atoms with Crippen LogP contribution in [0.5, 0.6) is 0 Å². The van der Waals surface area contributed by atoms with E-state index in [1.807, 2.05) is 0 Å². The molecule has 7 heteroatoms. The summed E-state index contributed by atoms with van der Waals surface area (Å²) >= 11 is 0. The molecule has 2 atom stereocenters. The van der Waals surface area contributed by atoms with Gasteiger partial charge in [0.05, 0.1) is 5.56 Å². The largest absolute Gasteiger partial charge is 0.481 e. The van der Waals surface area contributed by atoms with E-state index in [0.29, 0.717) is 12.3 Å². The van der Waals surface area contributed by atoms with E-state index >= 15 is 0 Å². The summed E-state index contributed by atoms with van der Waals surface area (Å²) in [6, 6.07) is 5.32. The van der Waals surface area contributed by atoms with E-state index in [-0.39, 0.29) is 18.4 Å². The number of carboxylic acid groups (broad SMARTS) is 1. The van der Waals surface area contributed by atoms with Gasteiger partial charge in [-0.2, -0.15) is 13.2 Å². The Balaban J connectivity index is 0.000000654. The molecule has 4 nitrogen and oxygen atoms in total. The molecule has 2 aliphatic rings. The lowest BCUT2D eigenvalue weighted by molar-refractivity contribution is -0.139. The first kappa shape index (κ1) is 26.0. The van der Waals surface area contributed by atoms with Gasteiger partial charge in [0, 0.05) is 32.2 Å². The number of ether oxygens (including phenoxy) is 1. The van der Waals surface area contributed by atoms with Crippen molar-refractivity contribution in [1.82, 2.24) is 4.90 Å². The van der Waals surface area contributed by atoms with Gasteiger partial charge in [0.2, 0.25) is 0 Å². The van der Waals surface area contributed by atoms with E-state index in [4.69, 9.17) is 16.3 Å². The zero-order valence-electron chi connectivity index (χ0n) is 18.5. The molecule has 0 spiro atoms. The summed E-state index contributed by atoms with van der Waals surface area (Å²) in [5.41, 5.74) is 0.968. The zero-order valence-corrected chi connectivity index (χ0v) is 18.5. The minimum atomic E-state index is -4.35. The molecule has 2 fully saturated rings. The zero-order chi connectivity index (χ0) is 23.7. The number of halogens is 3. The second kappa shape index (κ2) is 12.1. The lowest BCUT2D eigenvalue weighted by atomic mass is 9.84. The van der Waals surface area contributed by atoms with Gasteiger partial charge in [-0.15, -0.1) is 6.42 Å². The highest BCUT2D eigenvalue weighted by molar-refractivity contribution is 5.67. The highest BCUT2D eigenvalue weighted by Gasteiger charge is 2.34. The van der Waals surface area contributed by atoms with Crippen molar-refractivity contribution in [2.75, 3.05) is 26.3 Å². The van der Waals surface area contributed by atoms with Crippen molar-refractivity contribution in [3.8, 4) is 12.3 Å². The van der Waals surface area contributed by atoms with E-state index in [2.05, 4.69) is 17.4 Å². The van der Waals surface area contributed by atoms with Crippen LogP contribution in [0.3, 0.4) is 0 Å². The van der Waals surface area contributed by atoms with Crippen molar-refractivity contribution < 1.29 is 27.8 Å². The molecule has 0 aliphatic carbocycles. The molecule has 2 aliphatic heterocycles. The molecular weight excluding hydrogens is 419 g/mol. The van der Waals surface area contributed by atoms with Crippen molar-refractivity contribution in [1.29, 1.82) is 0 Å². The molecule has 0 aromatic heterocycles. The topological polar surface area (TPSA) is 49.8 Å². The number of rotatable bonds is 5. The number of benzene rings is 1. The molecule has 2 saturated heterocycles. The molecule has 1 aromatic carbocycles. The van der Waals surface area contributed by atoms with Crippen molar-refractivity contribution >= 4 is 5.97 Å². The standard InChI is InChI=1S/C20H26F3NO3.C5H6/c21-20(22,23)17-3-1-16(2-4-17)18-11-15(12-19(25)26)5-8-24(18)13-14-6-9-27-10-7-14;1-4-5(2)3/h1-4,14-15,18H,5-13H2,(H,25,26);1H,2H2,3H3/t15-,18+;/m1./s1. The second-order valence-corrected chi connectivity index (χ2v) is 8.60. The Morgan fingerprint density at radius 1 is 1.22 bits per heavy atom. The summed E-state index contributed by atoms with van der Waals surface area (Å²) < 4.78 is 44.0. The van der Waals surface area contributed by atoms with Crippen LogP contribution in [0.1, 0.15) is 56.2 Å². The van der Waals surface area contributed by atoms with E-state index < -0.39 is 17.7 Å². The SMILES string of the molecule is C#CC(=C)C.O=C(O)C[C@@H]1CCN(CC2CCOCC2)[C@H](c2ccc(C(F)(F)F)cc2)C1. The van der Waals surface area contributed by atoms with Crippen LogP contribution in [-0.4, -0.2) is 42.3 Å². The van der Waals surface area contributed by atoms with Gasteiger partial charge in [0.25, 0.3) is 0 Å². The van der Waals surface area contributed by atoms with Gasteiger partial charge in [0.1, 0.15) is 0 Å². The molecule has 32 heavy (non-hydrogen) atoms. The molecule has 0 unspecified atom stereocenters. The van der Waals surface area contributed by atoms with Gasteiger partial charge in [-0.3, -0.25) is 9.69 Å². The molecule has 2 heterocycles. The lowest BCUT2D eigenvalue weighted by Crippen LogP contribution is -2.41. The molecule has 176 valence electrons. The number of carboxylic acids is 1. The number of carbonyl (C=O) groups is 1. The smallest absolute Gasteiger partial charge is 0.416 e. The number of hydrogen-bond donors (Lipinski definition) is 1. The predicted octanol–water partition coefficient (Wildman–Crippen LogP) is 5.56. The number of piperidine rings is 1. The van der Waals surface area contributed by atoms with Gasteiger partial charge in [-0.25, -0.2) is 0 Å². The monoisotopic (exact) mass is 451 g/mol. The van der Waals surface area contributed by atoms with E-state index in [0.717, 1.165) is 68.8 Å². The molecule has 0 bridgehead atoms. The molecule has 0 radical (unpaired) electrons. The van der Waals surface area contributed by atoms with Crippen LogP contribution in [0.25, 0.3) is 0 Å². The van der Waals surface area contributed by atoms with Crippen molar-refractivity contribution in [2.24, 2.45) is 11.8 Å². The van der Waals surface area contributed by atoms with E-state index in [1.165, 1.54) is 0 Å². The van der Waals surface area contributed by atoms with Crippen LogP contribution < -0.4 is 0 Å². The Morgan fingerprint density at radius 3 is 2.31 bits per heavy atom. The third-order valence-corrected chi connectivity index (χ3v) is 5.99. The second-order valence-electron chi connectivity index (χ2n) is 8.60. The summed E-state index contributed by atoms with van der Waals surface area (Å²) in [6.07, 6.45) is 4.06. The van der Waals surface area contributed by atoms with Gasteiger partial charge < -0.3 is 9.84 Å². The van der Waals surface area contributed by atoms with E-state index in [1.54, 1.807) is 19.1 Å². The molecule has 0 amide bonds. The number of allylic oxidation sites excluding steroid dienone is 1. The maximum atomic E-state index is 12.9. The maximum Gasteiger partial charge on any atom is 0.416 e. The van der Waals surface area contributed by atoms with Crippen LogP contribution >= 0.6 is 0 Å². The third kappa shape index (κ3) is 8.33. The van der Waals surface area contributed by atoms with Gasteiger partial charge in [-0.1, -0.05) is 24.6 Å². The first-order valence-corrected chi connectivity index (χ1v) is 10.9. The fraction of sp³-hybridized carbons (Fsp3) is 0.560. The average molecular weight is 452 g/mol. The number of nitrogens with zero attached hydrogens (tertiary/aromatic N) is 1. The van der Waals surface area contributed by atoms with Crippen LogP contribution in [0, 0.1) is 24.2 Å². The summed E-state index contributed by atoms with van der Waals surface area (Å²) in [5, 5.41) is 9.12. The lowest BCUT2D eigenvalue weighted by Gasteiger charge is -2.41. The number of alkyl halides is 3. The summed E-state index contributed by atoms with van der Waals surface area (Å²) in [6.45, 7) is 8.40. The van der Waals surface area contributed by atoms with Crippen LogP contribution in [0.4, 0.5) is 13.2 Å². The predicted molar refractivity (Wildman–Crippen MR) is 118 cm³/mol. The molecule has 3 rings (SSSR count). The Kier molecular flexibility index (Phi) is 9.80. The number of hydrogen-bond acceptors (Lipinski definition) is 3. The number of aliphatic carboxylic acids is 1. The Labute approximate surface area is 188 Å². The Morgan fingerprint density at radius 2 is 1.81 bits per heavy atom. The Bertz CT molecular complexity index is 792. The van der Waals surface area contributed by atoms with Crippen LogP contribution in [0.2, 0.25) is 0 Å². The minimum absolute atomic E-state index is 0.0340. The summed E-state index contributed by atoms with van der Waals surface area (Å²) in [4.78, 5) is 13.4. The number of likely N-dealkylation sites (tertiary alicyclic amines) is 1. The van der Waals surface area contributed by atoms with E-state index in [9.17, 15) is 18.0 Å². The normalized spacial score (nSPS) is 22.3. The molecule has 0 saturated carbocycles. The molecular formula is C25H32F3NO3. The van der Waals surface area contributed by atoms with Crippen LogP contribution in [0.15, 0.2) is 36.4 Å². The van der Waals surface area contributed by atoms with Gasteiger partial charge >= 0.3 is 12.1 Å². The Hall–Kier alpha value is -2.30. The van der Waals surface area contributed by atoms with Gasteiger partial charge in [0.15, 0.2) is 0 Å². The number of terminal acetylenes is 1. The fourth-order valence-electron chi connectivity index (χ4n) is 4.24. The third-order valence-electron chi connectivity index (χ3n) is 5.99. The molecule has 1 aromatic rings. The first-order valence-electron chi connectivity index (χ1n) is 10.9. The van der Waals surface area contributed by atoms with Crippen molar-refractivity contribution in [3.63, 3.8) is 0 Å². The first-order chi connectivity index (χ1) is 15.1. The summed E-state index contributed by atoms with van der Waals surface area (Å²) in [7, 11) is 0. The average Bonchev–Trinajstić information content (AvgIpc) is 2.75.